The minimum Gasteiger partial charge on any atom is -0.307 e. The van der Waals surface area contributed by atoms with Crippen molar-refractivity contribution in [3.63, 3.8) is 0 Å². The fourth-order valence-corrected chi connectivity index (χ4v) is 1.52. The summed E-state index contributed by atoms with van der Waals surface area (Å²) in [6.07, 6.45) is 2.71. The first-order chi connectivity index (χ1) is 5.79. The number of rotatable bonds is 1. The minimum atomic E-state index is -0.333. The number of fused-ring (bicyclic) bond motifs is 1. The SMILES string of the molecule is [B]C(=O)C1=CCc2ccccc21. The van der Waals surface area contributed by atoms with Gasteiger partial charge in [0.15, 0.2) is 7.85 Å². The third-order valence-corrected chi connectivity index (χ3v) is 2.10. The Morgan fingerprint density at radius 2 is 2.08 bits per heavy atom. The largest absolute Gasteiger partial charge is 0.307 e. The number of benzene rings is 1. The molecule has 1 aromatic rings. The van der Waals surface area contributed by atoms with Gasteiger partial charge in [-0.2, -0.15) is 0 Å². The second-order valence-corrected chi connectivity index (χ2v) is 2.84. The molecule has 1 nitrogen and oxygen atoms in total. The van der Waals surface area contributed by atoms with Crippen molar-refractivity contribution in [2.75, 3.05) is 0 Å². The number of hydrogen-bond donors (Lipinski definition) is 0. The molecule has 2 radical (unpaired) electrons. The van der Waals surface area contributed by atoms with E-state index in [9.17, 15) is 4.79 Å². The highest BCUT2D eigenvalue weighted by Crippen LogP contribution is 2.26. The molecule has 2 heteroatoms. The number of allylic oxidation sites excluding steroid dienone is 2. The van der Waals surface area contributed by atoms with Crippen molar-refractivity contribution in [1.82, 2.24) is 0 Å². The van der Waals surface area contributed by atoms with Crippen molar-refractivity contribution < 1.29 is 4.79 Å². The molecular formula is C10H7BO. The molecule has 0 fully saturated rings. The Morgan fingerprint density at radius 1 is 1.33 bits per heavy atom. The Kier molecular flexibility index (Phi) is 1.61. The lowest BCUT2D eigenvalue weighted by Crippen LogP contribution is -1.98. The van der Waals surface area contributed by atoms with Gasteiger partial charge < -0.3 is 4.79 Å². The fourth-order valence-electron chi connectivity index (χ4n) is 1.52. The highest BCUT2D eigenvalue weighted by atomic mass is 16.1. The van der Waals surface area contributed by atoms with Crippen LogP contribution in [0.4, 0.5) is 0 Å². The maximum absolute atomic E-state index is 10.9. The van der Waals surface area contributed by atoms with Gasteiger partial charge in [0.1, 0.15) is 5.68 Å². The maximum atomic E-state index is 10.9. The number of hydrogen-bond acceptors (Lipinski definition) is 1. The molecule has 0 aromatic heterocycles. The molecule has 0 bridgehead atoms. The predicted molar refractivity (Wildman–Crippen MR) is 48.9 cm³/mol. The van der Waals surface area contributed by atoms with Crippen LogP contribution >= 0.6 is 0 Å². The summed E-state index contributed by atoms with van der Waals surface area (Å²) >= 11 is 0. The number of carbonyl (C=O) groups excluding carboxylic acids is 1. The lowest BCUT2D eigenvalue weighted by Gasteiger charge is -2.00. The van der Waals surface area contributed by atoms with Crippen molar-refractivity contribution in [3.8, 4) is 0 Å². The van der Waals surface area contributed by atoms with Crippen LogP contribution in [0.2, 0.25) is 0 Å². The highest BCUT2D eigenvalue weighted by Gasteiger charge is 2.15. The Bertz CT molecular complexity index is 366. The summed E-state index contributed by atoms with van der Waals surface area (Å²) in [6.45, 7) is 0. The second-order valence-electron chi connectivity index (χ2n) is 2.84. The molecule has 1 aliphatic carbocycles. The van der Waals surface area contributed by atoms with Gasteiger partial charge in [0.25, 0.3) is 0 Å². The van der Waals surface area contributed by atoms with E-state index in [1.54, 1.807) is 0 Å². The van der Waals surface area contributed by atoms with Crippen LogP contribution in [0.25, 0.3) is 5.57 Å². The molecule has 0 aliphatic heterocycles. The average molecular weight is 154 g/mol. The van der Waals surface area contributed by atoms with Crippen molar-refractivity contribution in [3.05, 3.63) is 41.5 Å². The third-order valence-electron chi connectivity index (χ3n) is 2.10. The van der Waals surface area contributed by atoms with Gasteiger partial charge >= 0.3 is 0 Å². The quantitative estimate of drug-likeness (QED) is 0.557. The van der Waals surface area contributed by atoms with Crippen LogP contribution in [-0.2, 0) is 11.2 Å². The molecule has 0 spiro atoms. The van der Waals surface area contributed by atoms with Gasteiger partial charge in [0.05, 0.1) is 0 Å². The topological polar surface area (TPSA) is 17.1 Å². The summed E-state index contributed by atoms with van der Waals surface area (Å²) in [7, 11) is 5.21. The van der Waals surface area contributed by atoms with Gasteiger partial charge in [0.2, 0.25) is 0 Å². The van der Waals surface area contributed by atoms with Crippen LogP contribution in [0.3, 0.4) is 0 Å². The summed E-state index contributed by atoms with van der Waals surface area (Å²) in [5.41, 5.74) is 2.50. The summed E-state index contributed by atoms with van der Waals surface area (Å²) < 4.78 is 0. The summed E-state index contributed by atoms with van der Waals surface area (Å²) in [5.74, 6) is 0. The Hall–Kier alpha value is -1.31. The van der Waals surface area contributed by atoms with Gasteiger partial charge in [-0.3, -0.25) is 0 Å². The van der Waals surface area contributed by atoms with Crippen LogP contribution in [-0.4, -0.2) is 13.5 Å². The summed E-state index contributed by atoms with van der Waals surface area (Å²) in [5, 5.41) is 0. The molecule has 1 aliphatic rings. The van der Waals surface area contributed by atoms with Gasteiger partial charge in [0, 0.05) is 5.57 Å². The van der Waals surface area contributed by atoms with Gasteiger partial charge in [-0.1, -0.05) is 30.3 Å². The Morgan fingerprint density at radius 3 is 2.83 bits per heavy atom. The lowest BCUT2D eigenvalue weighted by molar-refractivity contribution is -0.107. The van der Waals surface area contributed by atoms with E-state index in [1.807, 2.05) is 30.3 Å². The summed E-state index contributed by atoms with van der Waals surface area (Å²) in [6, 6.07) is 7.83. The molecule has 12 heavy (non-hydrogen) atoms. The van der Waals surface area contributed by atoms with E-state index in [2.05, 4.69) is 0 Å². The van der Waals surface area contributed by atoms with Crippen molar-refractivity contribution in [2.45, 2.75) is 6.42 Å². The Balaban J connectivity index is 2.52. The standard InChI is InChI=1S/C10H7BO/c11-10(12)9-6-5-7-3-1-2-4-8(7)9/h1-4,6H,5H2. The van der Waals surface area contributed by atoms with Gasteiger partial charge in [-0.15, -0.1) is 0 Å². The highest BCUT2D eigenvalue weighted by molar-refractivity contribution is 6.69. The van der Waals surface area contributed by atoms with Crippen molar-refractivity contribution in [1.29, 1.82) is 0 Å². The predicted octanol–water partition coefficient (Wildman–Crippen LogP) is 1.32. The van der Waals surface area contributed by atoms with E-state index in [1.165, 1.54) is 5.56 Å². The molecule has 56 valence electrons. The molecule has 0 amide bonds. The zero-order valence-electron chi connectivity index (χ0n) is 6.58. The zero-order valence-corrected chi connectivity index (χ0v) is 6.58. The molecule has 0 heterocycles. The Labute approximate surface area is 72.5 Å². The normalized spacial score (nSPS) is 13.8. The zero-order chi connectivity index (χ0) is 8.55. The van der Waals surface area contributed by atoms with Crippen LogP contribution in [0.1, 0.15) is 11.1 Å². The third kappa shape index (κ3) is 1.000. The maximum Gasteiger partial charge on any atom is 0.175 e. The molecule has 0 unspecified atom stereocenters. The molecular weight excluding hydrogens is 147 g/mol. The molecule has 0 saturated heterocycles. The van der Waals surface area contributed by atoms with E-state index in [0.29, 0.717) is 5.57 Å². The van der Waals surface area contributed by atoms with E-state index in [4.69, 9.17) is 7.85 Å². The van der Waals surface area contributed by atoms with E-state index >= 15 is 0 Å². The second kappa shape index (κ2) is 2.63. The van der Waals surface area contributed by atoms with Crippen molar-refractivity contribution in [2.24, 2.45) is 0 Å². The monoisotopic (exact) mass is 154 g/mol. The molecule has 0 N–H and O–H groups in total. The van der Waals surface area contributed by atoms with Crippen molar-refractivity contribution >= 4 is 19.1 Å². The van der Waals surface area contributed by atoms with Crippen LogP contribution in [0, 0.1) is 0 Å². The first kappa shape index (κ1) is 7.35. The van der Waals surface area contributed by atoms with Gasteiger partial charge in [-0.05, 0) is 17.5 Å². The van der Waals surface area contributed by atoms with Crippen LogP contribution in [0.15, 0.2) is 30.3 Å². The van der Waals surface area contributed by atoms with E-state index in [0.717, 1.165) is 12.0 Å². The van der Waals surface area contributed by atoms with Crippen LogP contribution in [0.5, 0.6) is 0 Å². The molecule has 2 rings (SSSR count). The number of carbonyl (C=O) groups is 1. The van der Waals surface area contributed by atoms with Gasteiger partial charge in [-0.25, -0.2) is 0 Å². The van der Waals surface area contributed by atoms with Crippen LogP contribution < -0.4 is 0 Å². The minimum absolute atomic E-state index is 0.333. The average Bonchev–Trinajstić information content (AvgIpc) is 2.47. The van der Waals surface area contributed by atoms with E-state index < -0.39 is 0 Å². The smallest absolute Gasteiger partial charge is 0.175 e. The summed E-state index contributed by atoms with van der Waals surface area (Å²) in [4.78, 5) is 10.9. The first-order valence-electron chi connectivity index (χ1n) is 3.87. The first-order valence-corrected chi connectivity index (χ1v) is 3.87. The fraction of sp³-hybridized carbons (Fsp3) is 0.100. The molecule has 0 saturated carbocycles. The van der Waals surface area contributed by atoms with E-state index in [-0.39, 0.29) is 5.68 Å². The molecule has 0 atom stereocenters. The molecule has 1 aromatic carbocycles. The lowest BCUT2D eigenvalue weighted by atomic mass is 9.91.